The molecule has 1 atom stereocenters. The van der Waals surface area contributed by atoms with Crippen molar-refractivity contribution in [2.45, 2.75) is 17.4 Å². The fourth-order valence-electron chi connectivity index (χ4n) is 1.14. The zero-order valence-electron chi connectivity index (χ0n) is 9.11. The van der Waals surface area contributed by atoms with Gasteiger partial charge >= 0.3 is 5.97 Å². The summed E-state index contributed by atoms with van der Waals surface area (Å²) in [5.41, 5.74) is 4.84. The number of rotatable bonds is 6. The molecule has 1 heterocycles. The van der Waals surface area contributed by atoms with Crippen molar-refractivity contribution in [3.63, 3.8) is 0 Å². The summed E-state index contributed by atoms with van der Waals surface area (Å²) in [5, 5.41) is 8.78. The number of aliphatic carboxylic acids is 1. The Morgan fingerprint density at radius 3 is 2.61 bits per heavy atom. The van der Waals surface area contributed by atoms with Gasteiger partial charge in [0.1, 0.15) is 10.9 Å². The van der Waals surface area contributed by atoms with Crippen LogP contribution in [0.4, 0.5) is 0 Å². The summed E-state index contributed by atoms with van der Waals surface area (Å²) in [6.07, 6.45) is 1.80. The highest BCUT2D eigenvalue weighted by Crippen LogP contribution is 2.07. The number of carboxylic acid groups (broad SMARTS) is 1. The average molecular weight is 273 g/mol. The maximum Gasteiger partial charge on any atom is 0.322 e. The molecular formula is C9H11N3O5S. The molecule has 0 fully saturated rings. The lowest BCUT2D eigenvalue weighted by molar-refractivity contribution is -0.140. The second-order valence-corrected chi connectivity index (χ2v) is 5.09. The zero-order chi connectivity index (χ0) is 13.8. The maximum absolute atomic E-state index is 11.8. The van der Waals surface area contributed by atoms with Crippen LogP contribution in [0.5, 0.6) is 0 Å². The van der Waals surface area contributed by atoms with E-state index in [1.807, 2.05) is 4.72 Å². The molecule has 1 amide bonds. The number of amides is 1. The van der Waals surface area contributed by atoms with Crippen LogP contribution in [0.15, 0.2) is 29.4 Å². The molecule has 0 aliphatic rings. The van der Waals surface area contributed by atoms with E-state index in [1.165, 1.54) is 18.3 Å². The van der Waals surface area contributed by atoms with E-state index in [9.17, 15) is 18.0 Å². The number of carboxylic acids is 1. The maximum atomic E-state index is 11.8. The van der Waals surface area contributed by atoms with E-state index < -0.39 is 34.4 Å². The van der Waals surface area contributed by atoms with Crippen molar-refractivity contribution in [3.8, 4) is 0 Å². The number of hydrogen-bond donors (Lipinski definition) is 3. The molecule has 1 aromatic rings. The standard InChI is InChI=1S/C9H11N3O5S/c10-8(13)4-7(9(14)15)12-18(16,17)6-2-1-3-11-5-6/h1-3,5,7,12H,4H2,(H2,10,13)(H,14,15). The number of aromatic nitrogens is 1. The Morgan fingerprint density at radius 1 is 1.50 bits per heavy atom. The Kier molecular flexibility index (Phi) is 4.34. The fraction of sp³-hybridized carbons (Fsp3) is 0.222. The van der Waals surface area contributed by atoms with Crippen molar-refractivity contribution < 1.29 is 23.1 Å². The highest BCUT2D eigenvalue weighted by molar-refractivity contribution is 7.89. The predicted molar refractivity (Wildman–Crippen MR) is 59.8 cm³/mol. The molecule has 1 rings (SSSR count). The van der Waals surface area contributed by atoms with Crippen molar-refractivity contribution >= 4 is 21.9 Å². The third-order valence-corrected chi connectivity index (χ3v) is 3.40. The molecule has 0 saturated heterocycles. The molecule has 9 heteroatoms. The number of pyridine rings is 1. The van der Waals surface area contributed by atoms with Gasteiger partial charge in [-0.3, -0.25) is 14.6 Å². The minimum Gasteiger partial charge on any atom is -0.480 e. The van der Waals surface area contributed by atoms with Crippen LogP contribution in [0, 0.1) is 0 Å². The minimum absolute atomic E-state index is 0.194. The smallest absolute Gasteiger partial charge is 0.322 e. The molecule has 0 aromatic carbocycles. The van der Waals surface area contributed by atoms with E-state index in [4.69, 9.17) is 10.8 Å². The summed E-state index contributed by atoms with van der Waals surface area (Å²) < 4.78 is 25.4. The molecule has 0 aliphatic carbocycles. The number of nitrogens with one attached hydrogen (secondary N) is 1. The summed E-state index contributed by atoms with van der Waals surface area (Å²) in [5.74, 6) is -2.41. The van der Waals surface area contributed by atoms with Gasteiger partial charge in [-0.05, 0) is 12.1 Å². The van der Waals surface area contributed by atoms with E-state index in [2.05, 4.69) is 4.98 Å². The lowest BCUT2D eigenvalue weighted by Gasteiger charge is -2.12. The van der Waals surface area contributed by atoms with Crippen LogP contribution in [0.25, 0.3) is 0 Å². The molecule has 1 unspecified atom stereocenters. The SMILES string of the molecule is NC(=O)CC(NS(=O)(=O)c1cccnc1)C(=O)O. The van der Waals surface area contributed by atoms with Gasteiger partial charge in [0.05, 0.1) is 6.42 Å². The van der Waals surface area contributed by atoms with E-state index in [-0.39, 0.29) is 4.90 Å². The lowest BCUT2D eigenvalue weighted by atomic mass is 10.2. The highest BCUT2D eigenvalue weighted by Gasteiger charge is 2.26. The molecule has 1 aromatic heterocycles. The molecule has 0 spiro atoms. The molecule has 8 nitrogen and oxygen atoms in total. The summed E-state index contributed by atoms with van der Waals surface area (Å²) >= 11 is 0. The number of carbonyl (C=O) groups excluding carboxylic acids is 1. The Morgan fingerprint density at radius 2 is 2.17 bits per heavy atom. The molecule has 18 heavy (non-hydrogen) atoms. The first-order valence-corrected chi connectivity index (χ1v) is 6.24. The molecular weight excluding hydrogens is 262 g/mol. The Balaban J connectivity index is 2.93. The van der Waals surface area contributed by atoms with Crippen LogP contribution < -0.4 is 10.5 Å². The van der Waals surface area contributed by atoms with Crippen molar-refractivity contribution in [1.82, 2.24) is 9.71 Å². The first-order valence-electron chi connectivity index (χ1n) is 4.76. The zero-order valence-corrected chi connectivity index (χ0v) is 9.92. The molecule has 98 valence electrons. The van der Waals surface area contributed by atoms with Crippen LogP contribution in [-0.2, 0) is 19.6 Å². The van der Waals surface area contributed by atoms with Crippen LogP contribution in [0.1, 0.15) is 6.42 Å². The number of sulfonamides is 1. The first kappa shape index (κ1) is 14.1. The third kappa shape index (κ3) is 3.79. The van der Waals surface area contributed by atoms with Gasteiger partial charge in [0.15, 0.2) is 0 Å². The number of nitrogens with two attached hydrogens (primary N) is 1. The third-order valence-electron chi connectivity index (χ3n) is 1.95. The number of carbonyl (C=O) groups is 2. The second kappa shape index (κ2) is 5.56. The quantitative estimate of drug-likeness (QED) is 0.588. The summed E-state index contributed by atoms with van der Waals surface area (Å²) in [6, 6.07) is 1.03. The Bertz CT molecular complexity index is 543. The van der Waals surface area contributed by atoms with Gasteiger partial charge in [0, 0.05) is 12.4 Å². The molecule has 4 N–H and O–H groups in total. The fourth-order valence-corrected chi connectivity index (χ4v) is 2.29. The van der Waals surface area contributed by atoms with Crippen molar-refractivity contribution in [3.05, 3.63) is 24.5 Å². The van der Waals surface area contributed by atoms with E-state index in [0.717, 1.165) is 6.20 Å². The lowest BCUT2D eigenvalue weighted by Crippen LogP contribution is -2.43. The minimum atomic E-state index is -4.05. The molecule has 0 bridgehead atoms. The van der Waals surface area contributed by atoms with Crippen molar-refractivity contribution in [2.75, 3.05) is 0 Å². The van der Waals surface area contributed by atoms with Gasteiger partial charge in [-0.2, -0.15) is 4.72 Å². The van der Waals surface area contributed by atoms with E-state index in [0.29, 0.717) is 0 Å². The van der Waals surface area contributed by atoms with Gasteiger partial charge in [-0.15, -0.1) is 0 Å². The summed E-state index contributed by atoms with van der Waals surface area (Å²) in [6.45, 7) is 0. The predicted octanol–water partition coefficient (Wildman–Crippen LogP) is -1.31. The van der Waals surface area contributed by atoms with Gasteiger partial charge in [-0.1, -0.05) is 0 Å². The van der Waals surface area contributed by atoms with E-state index in [1.54, 1.807) is 0 Å². The molecule has 0 radical (unpaired) electrons. The average Bonchev–Trinajstić information content (AvgIpc) is 2.28. The van der Waals surface area contributed by atoms with Crippen LogP contribution in [0.3, 0.4) is 0 Å². The monoisotopic (exact) mass is 273 g/mol. The summed E-state index contributed by atoms with van der Waals surface area (Å²) in [4.78, 5) is 24.9. The second-order valence-electron chi connectivity index (χ2n) is 3.37. The number of nitrogens with zero attached hydrogens (tertiary/aromatic N) is 1. The van der Waals surface area contributed by atoms with E-state index >= 15 is 0 Å². The highest BCUT2D eigenvalue weighted by atomic mass is 32.2. The molecule has 0 saturated carbocycles. The van der Waals surface area contributed by atoms with Crippen LogP contribution in [-0.4, -0.2) is 36.4 Å². The van der Waals surface area contributed by atoms with Gasteiger partial charge in [0.2, 0.25) is 15.9 Å². The van der Waals surface area contributed by atoms with Crippen molar-refractivity contribution in [2.24, 2.45) is 5.73 Å². The number of primary amides is 1. The van der Waals surface area contributed by atoms with Gasteiger partial charge in [0.25, 0.3) is 0 Å². The Labute approximate surface area is 103 Å². The normalized spacial score (nSPS) is 12.9. The van der Waals surface area contributed by atoms with Gasteiger partial charge < -0.3 is 10.8 Å². The molecule has 0 aliphatic heterocycles. The van der Waals surface area contributed by atoms with Crippen molar-refractivity contribution in [1.29, 1.82) is 0 Å². The number of hydrogen-bond acceptors (Lipinski definition) is 5. The Hall–Kier alpha value is -2.00. The largest absolute Gasteiger partial charge is 0.480 e. The van der Waals surface area contributed by atoms with Gasteiger partial charge in [-0.25, -0.2) is 8.42 Å². The van der Waals surface area contributed by atoms with Crippen LogP contribution >= 0.6 is 0 Å². The summed E-state index contributed by atoms with van der Waals surface area (Å²) in [7, 11) is -4.05. The topological polar surface area (TPSA) is 139 Å². The first-order chi connectivity index (χ1) is 8.33. The van der Waals surface area contributed by atoms with Crippen LogP contribution in [0.2, 0.25) is 0 Å².